The topological polar surface area (TPSA) is 0 Å². The molecule has 1 rings (SSSR count). The average molecular weight is 162 g/mol. The van der Waals surface area contributed by atoms with Crippen LogP contribution in [0.2, 0.25) is 0 Å². The van der Waals surface area contributed by atoms with Crippen LogP contribution in [0.5, 0.6) is 0 Å². The van der Waals surface area contributed by atoms with Gasteiger partial charge in [-0.1, -0.05) is 38.7 Å². The molecule has 66 valence electrons. The number of allylic oxidation sites excluding steroid dienone is 4. The van der Waals surface area contributed by atoms with Crippen LogP contribution in [0.25, 0.3) is 0 Å². The number of hydrogen-bond acceptors (Lipinski definition) is 0. The minimum absolute atomic E-state index is 0.662. The Bertz CT molecular complexity index is 243. The van der Waals surface area contributed by atoms with Crippen molar-refractivity contribution in [3.63, 3.8) is 0 Å². The van der Waals surface area contributed by atoms with Gasteiger partial charge in [-0.15, -0.1) is 0 Å². The zero-order valence-corrected chi connectivity index (χ0v) is 8.35. The van der Waals surface area contributed by atoms with Crippen molar-refractivity contribution >= 4 is 0 Å². The fourth-order valence-electron chi connectivity index (χ4n) is 2.07. The van der Waals surface area contributed by atoms with Gasteiger partial charge in [0.05, 0.1) is 0 Å². The van der Waals surface area contributed by atoms with E-state index in [0.717, 1.165) is 5.92 Å². The molecule has 0 unspecified atom stereocenters. The Labute approximate surface area is 75.7 Å². The SMILES string of the molecule is C=CC1=C(C(=C)C)[C@@H](C)[C@H](C)C1. The van der Waals surface area contributed by atoms with Crippen LogP contribution in [0.4, 0.5) is 0 Å². The Morgan fingerprint density at radius 1 is 1.50 bits per heavy atom. The Balaban J connectivity index is 3.03. The van der Waals surface area contributed by atoms with Gasteiger partial charge in [0, 0.05) is 0 Å². The maximum atomic E-state index is 4.01. The average Bonchev–Trinajstić information content (AvgIpc) is 2.28. The molecule has 0 aromatic carbocycles. The van der Waals surface area contributed by atoms with Crippen molar-refractivity contribution in [2.24, 2.45) is 11.8 Å². The second-order valence-corrected chi connectivity index (χ2v) is 3.89. The van der Waals surface area contributed by atoms with Gasteiger partial charge in [0.15, 0.2) is 0 Å². The summed E-state index contributed by atoms with van der Waals surface area (Å²) in [7, 11) is 0. The van der Waals surface area contributed by atoms with Gasteiger partial charge in [-0.25, -0.2) is 0 Å². The third-order valence-electron chi connectivity index (χ3n) is 2.90. The van der Waals surface area contributed by atoms with Gasteiger partial charge in [-0.3, -0.25) is 0 Å². The zero-order valence-electron chi connectivity index (χ0n) is 8.35. The Kier molecular flexibility index (Phi) is 2.56. The predicted octanol–water partition coefficient (Wildman–Crippen LogP) is 3.72. The van der Waals surface area contributed by atoms with Gasteiger partial charge < -0.3 is 0 Å². The minimum Gasteiger partial charge on any atom is -0.0988 e. The molecule has 0 nitrogen and oxygen atoms in total. The van der Waals surface area contributed by atoms with Crippen LogP contribution in [-0.2, 0) is 0 Å². The summed E-state index contributed by atoms with van der Waals surface area (Å²) in [6.07, 6.45) is 3.16. The van der Waals surface area contributed by atoms with E-state index in [1.54, 1.807) is 0 Å². The first-order valence-corrected chi connectivity index (χ1v) is 4.59. The van der Waals surface area contributed by atoms with Crippen LogP contribution in [0.3, 0.4) is 0 Å². The lowest BCUT2D eigenvalue weighted by molar-refractivity contribution is 0.483. The minimum atomic E-state index is 0.662. The van der Waals surface area contributed by atoms with E-state index in [1.165, 1.54) is 23.1 Å². The van der Waals surface area contributed by atoms with E-state index in [1.807, 2.05) is 6.08 Å². The molecule has 0 heteroatoms. The van der Waals surface area contributed by atoms with Crippen molar-refractivity contribution in [3.8, 4) is 0 Å². The van der Waals surface area contributed by atoms with Gasteiger partial charge in [0.25, 0.3) is 0 Å². The number of rotatable bonds is 2. The summed E-state index contributed by atoms with van der Waals surface area (Å²) in [5, 5.41) is 0. The van der Waals surface area contributed by atoms with E-state index in [0.29, 0.717) is 5.92 Å². The zero-order chi connectivity index (χ0) is 9.30. The van der Waals surface area contributed by atoms with Gasteiger partial charge in [-0.2, -0.15) is 0 Å². The van der Waals surface area contributed by atoms with Crippen LogP contribution in [0.1, 0.15) is 27.2 Å². The summed E-state index contributed by atoms with van der Waals surface area (Å²) < 4.78 is 0. The van der Waals surface area contributed by atoms with E-state index in [2.05, 4.69) is 33.9 Å². The first-order valence-electron chi connectivity index (χ1n) is 4.59. The highest BCUT2D eigenvalue weighted by molar-refractivity contribution is 5.42. The lowest BCUT2D eigenvalue weighted by Gasteiger charge is -2.13. The maximum Gasteiger partial charge on any atom is -0.0156 e. The molecule has 0 aliphatic heterocycles. The highest BCUT2D eigenvalue weighted by Gasteiger charge is 2.26. The third kappa shape index (κ3) is 1.38. The summed E-state index contributed by atoms with van der Waals surface area (Å²) in [5.74, 6) is 1.42. The van der Waals surface area contributed by atoms with Crippen LogP contribution >= 0.6 is 0 Å². The molecule has 0 saturated heterocycles. The van der Waals surface area contributed by atoms with Crippen LogP contribution in [0.15, 0.2) is 36.0 Å². The fourth-order valence-corrected chi connectivity index (χ4v) is 2.07. The van der Waals surface area contributed by atoms with E-state index in [4.69, 9.17) is 0 Å². The molecule has 0 N–H and O–H groups in total. The highest BCUT2D eigenvalue weighted by atomic mass is 14.3. The maximum absolute atomic E-state index is 4.01. The van der Waals surface area contributed by atoms with Crippen LogP contribution in [0, 0.1) is 11.8 Å². The van der Waals surface area contributed by atoms with E-state index >= 15 is 0 Å². The van der Waals surface area contributed by atoms with Gasteiger partial charge in [0.1, 0.15) is 0 Å². The standard InChI is InChI=1S/C12H18/c1-6-11-7-9(4)10(5)12(11)8(2)3/h6,9-10H,1-2,7H2,3-5H3/t9-,10+/m1/s1. The van der Waals surface area contributed by atoms with Crippen molar-refractivity contribution in [2.75, 3.05) is 0 Å². The molecular weight excluding hydrogens is 144 g/mol. The first kappa shape index (κ1) is 9.31. The fraction of sp³-hybridized carbons (Fsp3) is 0.500. The molecule has 0 bridgehead atoms. The first-order chi connectivity index (χ1) is 5.57. The molecule has 0 aromatic rings. The summed E-state index contributed by atoms with van der Waals surface area (Å²) in [6, 6.07) is 0. The van der Waals surface area contributed by atoms with Crippen LogP contribution < -0.4 is 0 Å². The number of hydrogen-bond donors (Lipinski definition) is 0. The van der Waals surface area contributed by atoms with Gasteiger partial charge in [-0.05, 0) is 36.3 Å². The Hall–Kier alpha value is -0.780. The largest absolute Gasteiger partial charge is 0.0988 e. The normalized spacial score (nSPS) is 29.2. The molecule has 0 aromatic heterocycles. The molecule has 0 heterocycles. The molecule has 0 spiro atoms. The lowest BCUT2D eigenvalue weighted by Crippen LogP contribution is -2.03. The van der Waals surface area contributed by atoms with E-state index in [9.17, 15) is 0 Å². The van der Waals surface area contributed by atoms with Gasteiger partial charge >= 0.3 is 0 Å². The van der Waals surface area contributed by atoms with Crippen molar-refractivity contribution in [1.29, 1.82) is 0 Å². The Morgan fingerprint density at radius 2 is 2.08 bits per heavy atom. The van der Waals surface area contributed by atoms with Crippen molar-refractivity contribution in [3.05, 3.63) is 36.0 Å². The molecule has 1 aliphatic carbocycles. The predicted molar refractivity (Wildman–Crippen MR) is 55.0 cm³/mol. The van der Waals surface area contributed by atoms with E-state index in [-0.39, 0.29) is 0 Å². The highest BCUT2D eigenvalue weighted by Crippen LogP contribution is 2.40. The quantitative estimate of drug-likeness (QED) is 0.580. The van der Waals surface area contributed by atoms with Crippen molar-refractivity contribution in [1.82, 2.24) is 0 Å². The van der Waals surface area contributed by atoms with E-state index < -0.39 is 0 Å². The molecule has 12 heavy (non-hydrogen) atoms. The summed E-state index contributed by atoms with van der Waals surface area (Å²) in [5.41, 5.74) is 4.06. The molecule has 0 radical (unpaired) electrons. The molecule has 0 fully saturated rings. The monoisotopic (exact) mass is 162 g/mol. The van der Waals surface area contributed by atoms with Gasteiger partial charge in [0.2, 0.25) is 0 Å². The van der Waals surface area contributed by atoms with Crippen LogP contribution in [-0.4, -0.2) is 0 Å². The lowest BCUT2D eigenvalue weighted by atomic mass is 9.91. The van der Waals surface area contributed by atoms with Crippen molar-refractivity contribution in [2.45, 2.75) is 27.2 Å². The molecule has 1 aliphatic rings. The molecule has 2 atom stereocenters. The molecular formula is C12H18. The third-order valence-corrected chi connectivity index (χ3v) is 2.90. The smallest absolute Gasteiger partial charge is 0.0156 e. The second kappa shape index (κ2) is 3.30. The molecule has 0 amide bonds. The summed E-state index contributed by atoms with van der Waals surface area (Å²) >= 11 is 0. The second-order valence-electron chi connectivity index (χ2n) is 3.89. The summed E-state index contributed by atoms with van der Waals surface area (Å²) in [6.45, 7) is 14.5. The van der Waals surface area contributed by atoms with Crippen molar-refractivity contribution < 1.29 is 0 Å². The molecule has 0 saturated carbocycles. The Morgan fingerprint density at radius 3 is 2.42 bits per heavy atom. The summed E-state index contributed by atoms with van der Waals surface area (Å²) in [4.78, 5) is 0.